The number of oxazole rings is 1. The third kappa shape index (κ3) is 2.13. The van der Waals surface area contributed by atoms with Crippen LogP contribution >= 0.6 is 0 Å². The van der Waals surface area contributed by atoms with Gasteiger partial charge in [-0.2, -0.15) is 4.31 Å². The van der Waals surface area contributed by atoms with E-state index in [-0.39, 0.29) is 23.4 Å². The van der Waals surface area contributed by atoms with Crippen molar-refractivity contribution in [1.29, 1.82) is 0 Å². The highest BCUT2D eigenvalue weighted by atomic mass is 32.2. The molecule has 0 aliphatic carbocycles. The number of sulfonamides is 1. The fraction of sp³-hybridized carbons (Fsp3) is 0.385. The molecule has 1 aliphatic rings. The molecule has 2 heterocycles. The minimum Gasteiger partial charge on any atom is -0.480 e. The Kier molecular flexibility index (Phi) is 3.33. The van der Waals surface area contributed by atoms with Gasteiger partial charge in [-0.05, 0) is 25.0 Å². The lowest BCUT2D eigenvalue weighted by Gasteiger charge is -2.20. The maximum atomic E-state index is 12.6. The van der Waals surface area contributed by atoms with Crippen molar-refractivity contribution in [3.05, 3.63) is 28.7 Å². The van der Waals surface area contributed by atoms with Crippen LogP contribution in [0.2, 0.25) is 0 Å². The van der Waals surface area contributed by atoms with Crippen molar-refractivity contribution in [2.45, 2.75) is 23.8 Å². The topological polar surface area (TPSA) is 110 Å². The van der Waals surface area contributed by atoms with E-state index in [1.165, 1.54) is 29.8 Å². The van der Waals surface area contributed by atoms with Crippen molar-refractivity contribution < 1.29 is 22.7 Å². The molecule has 8 nitrogen and oxygen atoms in total. The van der Waals surface area contributed by atoms with Gasteiger partial charge in [-0.15, -0.1) is 0 Å². The summed E-state index contributed by atoms with van der Waals surface area (Å²) < 4.78 is 32.5. The van der Waals surface area contributed by atoms with Crippen LogP contribution in [-0.4, -0.2) is 41.0 Å². The molecule has 0 saturated carbocycles. The monoisotopic (exact) mass is 326 g/mol. The van der Waals surface area contributed by atoms with E-state index in [2.05, 4.69) is 0 Å². The number of rotatable bonds is 3. The highest BCUT2D eigenvalue weighted by Crippen LogP contribution is 2.27. The molecule has 3 rings (SSSR count). The number of hydrogen-bond donors (Lipinski definition) is 1. The molecular weight excluding hydrogens is 312 g/mol. The van der Waals surface area contributed by atoms with Gasteiger partial charge in [-0.3, -0.25) is 9.36 Å². The van der Waals surface area contributed by atoms with Crippen molar-refractivity contribution in [2.75, 3.05) is 6.54 Å². The molecule has 2 aromatic rings. The van der Waals surface area contributed by atoms with Crippen LogP contribution in [0.4, 0.5) is 0 Å². The number of aryl methyl sites for hydroxylation is 1. The number of aliphatic carboxylic acids is 1. The van der Waals surface area contributed by atoms with E-state index in [4.69, 9.17) is 9.52 Å². The fourth-order valence-corrected chi connectivity index (χ4v) is 4.35. The first kappa shape index (κ1) is 14.8. The molecule has 1 unspecified atom stereocenters. The number of hydrogen-bond acceptors (Lipinski definition) is 5. The van der Waals surface area contributed by atoms with Gasteiger partial charge in [0.2, 0.25) is 10.0 Å². The number of benzene rings is 1. The molecule has 1 aliphatic heterocycles. The molecular formula is C13H14N2O6S. The van der Waals surface area contributed by atoms with Crippen molar-refractivity contribution in [1.82, 2.24) is 8.87 Å². The second kappa shape index (κ2) is 4.96. The molecule has 22 heavy (non-hydrogen) atoms. The summed E-state index contributed by atoms with van der Waals surface area (Å²) >= 11 is 0. The molecule has 1 saturated heterocycles. The molecule has 1 aromatic heterocycles. The highest BCUT2D eigenvalue weighted by Gasteiger charge is 2.39. The molecule has 0 bridgehead atoms. The Morgan fingerprint density at radius 1 is 1.41 bits per heavy atom. The molecule has 9 heteroatoms. The molecule has 0 amide bonds. The summed E-state index contributed by atoms with van der Waals surface area (Å²) in [5.74, 6) is -1.75. The molecule has 1 N–H and O–H groups in total. The smallest absolute Gasteiger partial charge is 0.419 e. The van der Waals surface area contributed by atoms with E-state index in [0.29, 0.717) is 11.9 Å². The second-order valence-corrected chi connectivity index (χ2v) is 7.06. The lowest BCUT2D eigenvalue weighted by Crippen LogP contribution is -2.40. The zero-order chi connectivity index (χ0) is 16.1. The number of fused-ring (bicyclic) bond motifs is 1. The lowest BCUT2D eigenvalue weighted by atomic mass is 10.2. The summed E-state index contributed by atoms with van der Waals surface area (Å²) in [6.45, 7) is 0.163. The zero-order valence-corrected chi connectivity index (χ0v) is 12.5. The normalized spacial score (nSPS) is 19.8. The van der Waals surface area contributed by atoms with Crippen LogP contribution in [0, 0.1) is 0 Å². The molecule has 1 aromatic carbocycles. The summed E-state index contributed by atoms with van der Waals surface area (Å²) in [6, 6.07) is 3.02. The van der Waals surface area contributed by atoms with Crippen molar-refractivity contribution >= 4 is 27.1 Å². The van der Waals surface area contributed by atoms with Crippen LogP contribution in [0.1, 0.15) is 12.8 Å². The zero-order valence-electron chi connectivity index (χ0n) is 11.7. The average Bonchev–Trinajstić information content (AvgIpc) is 3.05. The van der Waals surface area contributed by atoms with E-state index in [1.807, 2.05) is 0 Å². The van der Waals surface area contributed by atoms with Crippen LogP contribution < -0.4 is 5.76 Å². The van der Waals surface area contributed by atoms with E-state index < -0.39 is 27.8 Å². The second-order valence-electron chi connectivity index (χ2n) is 5.17. The van der Waals surface area contributed by atoms with Crippen LogP contribution in [0.5, 0.6) is 0 Å². The maximum Gasteiger partial charge on any atom is 0.419 e. The standard InChI is InChI=1S/C13H14N2O6S/c1-14-9-5-4-8(7-11(9)21-13(14)18)22(19,20)15-6-2-3-10(15)12(16)17/h4-5,7,10H,2-3,6H2,1H3,(H,16,17). The van der Waals surface area contributed by atoms with Crippen LogP contribution in [-0.2, 0) is 21.9 Å². The maximum absolute atomic E-state index is 12.6. The Morgan fingerprint density at radius 2 is 2.14 bits per heavy atom. The van der Waals surface area contributed by atoms with Gasteiger partial charge in [0.1, 0.15) is 6.04 Å². The predicted molar refractivity (Wildman–Crippen MR) is 76.0 cm³/mol. The fourth-order valence-electron chi connectivity index (χ4n) is 2.68. The van der Waals surface area contributed by atoms with E-state index in [9.17, 15) is 18.0 Å². The van der Waals surface area contributed by atoms with Crippen molar-refractivity contribution in [2.24, 2.45) is 7.05 Å². The van der Waals surface area contributed by atoms with Gasteiger partial charge in [0.25, 0.3) is 0 Å². The quantitative estimate of drug-likeness (QED) is 0.872. The molecule has 1 atom stereocenters. The van der Waals surface area contributed by atoms with Gasteiger partial charge in [0.05, 0.1) is 10.4 Å². The average molecular weight is 326 g/mol. The van der Waals surface area contributed by atoms with Gasteiger partial charge >= 0.3 is 11.7 Å². The Balaban J connectivity index is 2.09. The summed E-state index contributed by atoms with van der Waals surface area (Å²) in [7, 11) is -2.43. The minimum absolute atomic E-state index is 0.0810. The Hall–Kier alpha value is -2.13. The van der Waals surface area contributed by atoms with Gasteiger partial charge in [0, 0.05) is 19.7 Å². The summed E-state index contributed by atoms with van der Waals surface area (Å²) in [5, 5.41) is 9.14. The number of nitrogens with zero attached hydrogens (tertiary/aromatic N) is 2. The minimum atomic E-state index is -3.95. The number of aromatic nitrogens is 1. The molecule has 118 valence electrons. The molecule has 1 fully saturated rings. The Labute approximate surface area is 125 Å². The van der Waals surface area contributed by atoms with Crippen LogP contribution in [0.15, 0.2) is 32.3 Å². The molecule has 0 radical (unpaired) electrons. The summed E-state index contributed by atoms with van der Waals surface area (Å²) in [4.78, 5) is 22.6. The molecule has 0 spiro atoms. The van der Waals surface area contributed by atoms with E-state index >= 15 is 0 Å². The van der Waals surface area contributed by atoms with Gasteiger partial charge in [-0.25, -0.2) is 13.2 Å². The number of carboxylic acid groups (broad SMARTS) is 1. The summed E-state index contributed by atoms with van der Waals surface area (Å²) in [5.41, 5.74) is 0.625. The predicted octanol–water partition coefficient (Wildman–Crippen LogP) is 0.369. The number of carbonyl (C=O) groups is 1. The third-order valence-electron chi connectivity index (χ3n) is 3.86. The van der Waals surface area contributed by atoms with Crippen molar-refractivity contribution in [3.8, 4) is 0 Å². The van der Waals surface area contributed by atoms with Crippen LogP contribution in [0.25, 0.3) is 11.1 Å². The Bertz CT molecular complexity index is 910. The van der Waals surface area contributed by atoms with E-state index in [1.54, 1.807) is 0 Å². The van der Waals surface area contributed by atoms with Gasteiger partial charge in [-0.1, -0.05) is 0 Å². The first-order valence-electron chi connectivity index (χ1n) is 6.66. The van der Waals surface area contributed by atoms with Crippen LogP contribution in [0.3, 0.4) is 0 Å². The third-order valence-corrected chi connectivity index (χ3v) is 5.76. The lowest BCUT2D eigenvalue weighted by molar-refractivity contribution is -0.140. The first-order valence-corrected chi connectivity index (χ1v) is 8.10. The highest BCUT2D eigenvalue weighted by molar-refractivity contribution is 7.89. The first-order chi connectivity index (χ1) is 10.3. The van der Waals surface area contributed by atoms with E-state index in [0.717, 1.165) is 4.31 Å². The van der Waals surface area contributed by atoms with Gasteiger partial charge < -0.3 is 9.52 Å². The van der Waals surface area contributed by atoms with Gasteiger partial charge in [0.15, 0.2) is 5.58 Å². The number of carboxylic acids is 1. The summed E-state index contributed by atoms with van der Waals surface area (Å²) in [6.07, 6.45) is 0.788. The Morgan fingerprint density at radius 3 is 2.82 bits per heavy atom. The van der Waals surface area contributed by atoms with Crippen molar-refractivity contribution in [3.63, 3.8) is 0 Å². The SMILES string of the molecule is Cn1c(=O)oc2cc(S(=O)(=O)N3CCCC3C(=O)O)ccc21. The largest absolute Gasteiger partial charge is 0.480 e.